The van der Waals surface area contributed by atoms with Crippen LogP contribution in [0.2, 0.25) is 5.04 Å². The Morgan fingerprint density at radius 2 is 1.55 bits per heavy atom. The minimum Gasteiger partial charge on any atom is -0.469 e. The molecule has 0 radical (unpaired) electrons. The zero-order valence-corrected chi connectivity index (χ0v) is 21.6. The Hall–Kier alpha value is -2.25. The van der Waals surface area contributed by atoms with Gasteiger partial charge in [-0.2, -0.15) is 0 Å². The fourth-order valence-electron chi connectivity index (χ4n) is 4.23. The molecule has 0 aliphatic carbocycles. The van der Waals surface area contributed by atoms with Crippen LogP contribution in [0.3, 0.4) is 0 Å². The molecule has 5 nitrogen and oxygen atoms in total. The Morgan fingerprint density at radius 1 is 1.00 bits per heavy atom. The molecule has 180 valence electrons. The van der Waals surface area contributed by atoms with Crippen molar-refractivity contribution in [1.29, 1.82) is 0 Å². The highest BCUT2D eigenvalue weighted by atomic mass is 28.4. The molecule has 33 heavy (non-hydrogen) atoms. The summed E-state index contributed by atoms with van der Waals surface area (Å²) in [5, 5.41) is 2.29. The molecule has 0 saturated carbocycles. The quantitative estimate of drug-likeness (QED) is 0.189. The summed E-state index contributed by atoms with van der Waals surface area (Å²) in [5.41, 5.74) is 0. The van der Waals surface area contributed by atoms with Crippen LogP contribution in [0.15, 0.2) is 73.3 Å². The highest BCUT2D eigenvalue weighted by molar-refractivity contribution is 6.99. The first-order valence-electron chi connectivity index (χ1n) is 11.3. The van der Waals surface area contributed by atoms with Gasteiger partial charge in [-0.25, -0.2) is 0 Å². The highest BCUT2D eigenvalue weighted by Gasteiger charge is 2.50. The topological polar surface area (TPSA) is 54.0 Å². The van der Waals surface area contributed by atoms with Crippen molar-refractivity contribution in [1.82, 2.24) is 0 Å². The molecule has 0 aromatic heterocycles. The molecule has 0 N–H and O–H groups in total. The lowest BCUT2D eigenvalue weighted by molar-refractivity contribution is -0.142. The molecule has 0 aliphatic heterocycles. The summed E-state index contributed by atoms with van der Waals surface area (Å²) in [4.78, 5) is 11.8. The minimum absolute atomic E-state index is 0.0814. The zero-order valence-electron chi connectivity index (χ0n) is 20.6. The average Bonchev–Trinajstić information content (AvgIpc) is 2.82. The van der Waals surface area contributed by atoms with Gasteiger partial charge in [0, 0.05) is 7.11 Å². The first-order valence-corrected chi connectivity index (χ1v) is 13.2. The van der Waals surface area contributed by atoms with Crippen molar-refractivity contribution in [3.05, 3.63) is 73.3 Å². The van der Waals surface area contributed by atoms with Gasteiger partial charge in [0.15, 0.2) is 0 Å². The SMILES string of the molecule is C=C[C@@H](CC(=O)OC)C[C@@H](CO[Si](c1ccccc1)(c1ccccc1)C(C)(C)C)OCOC. The maximum atomic E-state index is 11.8. The Kier molecular flexibility index (Phi) is 10.5. The molecule has 0 bridgehead atoms. The van der Waals surface area contributed by atoms with E-state index in [4.69, 9.17) is 18.6 Å². The van der Waals surface area contributed by atoms with Crippen LogP contribution in [-0.2, 0) is 23.4 Å². The van der Waals surface area contributed by atoms with E-state index in [1.165, 1.54) is 17.5 Å². The van der Waals surface area contributed by atoms with Crippen molar-refractivity contribution in [3.63, 3.8) is 0 Å². The third-order valence-electron chi connectivity index (χ3n) is 5.88. The van der Waals surface area contributed by atoms with Gasteiger partial charge in [0.2, 0.25) is 0 Å². The van der Waals surface area contributed by atoms with E-state index < -0.39 is 8.32 Å². The summed E-state index contributed by atoms with van der Waals surface area (Å²) >= 11 is 0. The number of carbonyl (C=O) groups is 1. The van der Waals surface area contributed by atoms with E-state index in [0.29, 0.717) is 13.0 Å². The molecule has 2 rings (SSSR count). The molecule has 6 heteroatoms. The van der Waals surface area contributed by atoms with Gasteiger partial charge in [-0.15, -0.1) is 6.58 Å². The maximum absolute atomic E-state index is 11.8. The molecular formula is C27H38O5Si. The second-order valence-corrected chi connectivity index (χ2v) is 13.5. The molecule has 0 heterocycles. The zero-order chi connectivity index (χ0) is 24.3. The van der Waals surface area contributed by atoms with Gasteiger partial charge < -0.3 is 18.6 Å². The van der Waals surface area contributed by atoms with Crippen LogP contribution in [0.1, 0.15) is 33.6 Å². The summed E-state index contributed by atoms with van der Waals surface area (Å²) in [6.45, 7) is 11.2. The number of carbonyl (C=O) groups excluding carboxylic acids is 1. The average molecular weight is 471 g/mol. The summed E-state index contributed by atoms with van der Waals surface area (Å²) in [5.74, 6) is -0.347. The second-order valence-electron chi connectivity index (χ2n) is 9.18. The third-order valence-corrected chi connectivity index (χ3v) is 10.9. The molecule has 0 amide bonds. The van der Waals surface area contributed by atoms with Crippen LogP contribution in [0.4, 0.5) is 0 Å². The molecule has 0 fully saturated rings. The van der Waals surface area contributed by atoms with Crippen LogP contribution < -0.4 is 10.4 Å². The van der Waals surface area contributed by atoms with Gasteiger partial charge in [0.05, 0.1) is 26.2 Å². The Labute approximate surface area is 199 Å². The smallest absolute Gasteiger partial charge is 0.306 e. The van der Waals surface area contributed by atoms with Crippen LogP contribution >= 0.6 is 0 Å². The van der Waals surface area contributed by atoms with Gasteiger partial charge in [0.1, 0.15) is 6.79 Å². The Bertz CT molecular complexity index is 808. The second kappa shape index (κ2) is 12.8. The lowest BCUT2D eigenvalue weighted by Gasteiger charge is -2.43. The molecule has 2 aromatic carbocycles. The first kappa shape index (κ1) is 27.0. The van der Waals surface area contributed by atoms with Crippen LogP contribution in [-0.4, -0.2) is 48.0 Å². The predicted octanol–water partition coefficient (Wildman–Crippen LogP) is 4.31. The number of esters is 1. The predicted molar refractivity (Wildman–Crippen MR) is 135 cm³/mol. The number of hydrogen-bond acceptors (Lipinski definition) is 5. The van der Waals surface area contributed by atoms with Crippen molar-refractivity contribution in [2.24, 2.45) is 5.92 Å². The minimum atomic E-state index is -2.69. The van der Waals surface area contributed by atoms with Gasteiger partial charge in [-0.3, -0.25) is 4.79 Å². The third kappa shape index (κ3) is 7.11. The van der Waals surface area contributed by atoms with Crippen LogP contribution in [0.25, 0.3) is 0 Å². The standard InChI is InChI=1S/C27H38O5Si/c1-7-22(19-26(28)30-6)18-23(31-21-29-5)20-32-33(27(2,3)4,24-14-10-8-11-15-24)25-16-12-9-13-17-25/h7-17,22-23H,1,18-21H2,2-6H3/t22-,23+/m1/s1. The van der Waals surface area contributed by atoms with Crippen molar-refractivity contribution < 1.29 is 23.4 Å². The molecular weight excluding hydrogens is 432 g/mol. The summed E-state index contributed by atoms with van der Waals surface area (Å²) in [6, 6.07) is 21.0. The van der Waals surface area contributed by atoms with Crippen LogP contribution in [0, 0.1) is 5.92 Å². The van der Waals surface area contributed by atoms with Crippen molar-refractivity contribution in [2.75, 3.05) is 27.6 Å². The largest absolute Gasteiger partial charge is 0.469 e. The number of hydrogen-bond donors (Lipinski definition) is 0. The van der Waals surface area contributed by atoms with E-state index in [1.807, 2.05) is 12.1 Å². The molecule has 0 spiro atoms. The van der Waals surface area contributed by atoms with E-state index >= 15 is 0 Å². The van der Waals surface area contributed by atoms with Gasteiger partial charge in [-0.05, 0) is 27.8 Å². The Balaban J connectivity index is 2.40. The number of allylic oxidation sites excluding steroid dienone is 1. The number of ether oxygens (including phenoxy) is 3. The van der Waals surface area contributed by atoms with Crippen molar-refractivity contribution >= 4 is 24.7 Å². The lowest BCUT2D eigenvalue weighted by Crippen LogP contribution is -2.67. The van der Waals surface area contributed by atoms with E-state index in [2.05, 4.69) is 75.9 Å². The van der Waals surface area contributed by atoms with E-state index in [1.54, 1.807) is 13.2 Å². The fourth-order valence-corrected chi connectivity index (χ4v) is 8.82. The molecule has 2 aromatic rings. The summed E-state index contributed by atoms with van der Waals surface area (Å²) in [6.07, 6.45) is 2.36. The fraction of sp³-hybridized carbons (Fsp3) is 0.444. The summed E-state index contributed by atoms with van der Waals surface area (Å²) < 4.78 is 23.0. The lowest BCUT2D eigenvalue weighted by atomic mass is 9.98. The van der Waals surface area contributed by atoms with Gasteiger partial charge in [-0.1, -0.05) is 87.5 Å². The van der Waals surface area contributed by atoms with Crippen molar-refractivity contribution in [2.45, 2.75) is 44.8 Å². The first-order chi connectivity index (χ1) is 15.8. The number of benzene rings is 2. The van der Waals surface area contributed by atoms with Crippen molar-refractivity contribution in [3.8, 4) is 0 Å². The van der Waals surface area contributed by atoms with E-state index in [-0.39, 0.29) is 36.2 Å². The molecule has 0 saturated heterocycles. The summed E-state index contributed by atoms with van der Waals surface area (Å²) in [7, 11) is 0.303. The van der Waals surface area contributed by atoms with E-state index in [0.717, 1.165) is 0 Å². The molecule has 0 aliphatic rings. The molecule has 0 unspecified atom stereocenters. The normalized spacial score (nSPS) is 13.8. The number of rotatable bonds is 13. The van der Waals surface area contributed by atoms with Gasteiger partial charge >= 0.3 is 5.97 Å². The van der Waals surface area contributed by atoms with Crippen LogP contribution in [0.5, 0.6) is 0 Å². The highest BCUT2D eigenvalue weighted by Crippen LogP contribution is 2.37. The maximum Gasteiger partial charge on any atom is 0.306 e. The number of methoxy groups -OCH3 is 2. The van der Waals surface area contributed by atoms with Gasteiger partial charge in [0.25, 0.3) is 8.32 Å². The Morgan fingerprint density at radius 3 is 1.97 bits per heavy atom. The molecule has 2 atom stereocenters. The monoisotopic (exact) mass is 470 g/mol. The van der Waals surface area contributed by atoms with E-state index in [9.17, 15) is 4.79 Å².